The van der Waals surface area contributed by atoms with Crippen LogP contribution >= 0.6 is 0 Å². The Labute approximate surface area is 203 Å². The molecule has 0 radical (unpaired) electrons. The Hall–Kier alpha value is -4.15. The van der Waals surface area contributed by atoms with Gasteiger partial charge in [0.25, 0.3) is 5.91 Å². The van der Waals surface area contributed by atoms with Crippen molar-refractivity contribution in [3.63, 3.8) is 0 Å². The summed E-state index contributed by atoms with van der Waals surface area (Å²) in [5.41, 5.74) is 9.01. The molecule has 3 aromatic carbocycles. The van der Waals surface area contributed by atoms with Gasteiger partial charge in [-0.25, -0.2) is 13.6 Å². The number of nitrogens with zero attached hydrogens (tertiary/aromatic N) is 1. The average Bonchev–Trinajstić information content (AvgIpc) is 2.86. The monoisotopic (exact) mass is 491 g/mol. The topological polar surface area (TPSA) is 152 Å². The number of amides is 1. The summed E-state index contributed by atoms with van der Waals surface area (Å²) in [6.07, 6.45) is 0. The zero-order valence-corrected chi connectivity index (χ0v) is 19.6. The molecule has 0 saturated carbocycles. The van der Waals surface area contributed by atoms with E-state index in [2.05, 4.69) is 11.9 Å². The highest BCUT2D eigenvalue weighted by molar-refractivity contribution is 7.89. The van der Waals surface area contributed by atoms with Crippen molar-refractivity contribution in [1.82, 2.24) is 5.32 Å². The molecule has 6 N–H and O–H groups in total. The van der Waals surface area contributed by atoms with Gasteiger partial charge in [-0.1, -0.05) is 43.0 Å². The SMILES string of the molecule is C=C(CNC(=O)c1ccc(C(=N)N)cc1)N1CCOc2cc(-c3ccccc3S(N)(=O)=O)ccc21. The molecule has 1 amide bonds. The van der Waals surface area contributed by atoms with E-state index in [-0.39, 0.29) is 23.2 Å². The number of primary sulfonamides is 1. The molecule has 0 saturated heterocycles. The van der Waals surface area contributed by atoms with Crippen molar-refractivity contribution >= 4 is 27.5 Å². The van der Waals surface area contributed by atoms with E-state index in [9.17, 15) is 13.2 Å². The normalized spacial score (nSPS) is 12.9. The number of amidine groups is 1. The Bertz CT molecular complexity index is 1420. The van der Waals surface area contributed by atoms with Crippen LogP contribution in [0.4, 0.5) is 5.69 Å². The molecule has 0 aromatic heterocycles. The highest BCUT2D eigenvalue weighted by Crippen LogP contribution is 2.38. The number of rotatable bonds is 7. The molecule has 1 aliphatic heterocycles. The molecular weight excluding hydrogens is 466 g/mol. The highest BCUT2D eigenvalue weighted by atomic mass is 32.2. The van der Waals surface area contributed by atoms with Crippen molar-refractivity contribution < 1.29 is 17.9 Å². The summed E-state index contributed by atoms with van der Waals surface area (Å²) in [5.74, 6) is 0.238. The van der Waals surface area contributed by atoms with Crippen LogP contribution in [0.3, 0.4) is 0 Å². The third-order valence-corrected chi connectivity index (χ3v) is 6.59. The van der Waals surface area contributed by atoms with Gasteiger partial charge in [-0.05, 0) is 35.9 Å². The second-order valence-corrected chi connectivity index (χ2v) is 9.49. The third kappa shape index (κ3) is 5.18. The maximum Gasteiger partial charge on any atom is 0.251 e. The molecule has 180 valence electrons. The summed E-state index contributed by atoms with van der Waals surface area (Å²) in [7, 11) is -3.89. The zero-order chi connectivity index (χ0) is 25.2. The fourth-order valence-corrected chi connectivity index (χ4v) is 4.61. The quantitative estimate of drug-likeness (QED) is 0.294. The van der Waals surface area contributed by atoms with Crippen LogP contribution < -0.4 is 25.8 Å². The minimum absolute atomic E-state index is 0.0380. The molecule has 0 fully saturated rings. The van der Waals surface area contributed by atoms with Gasteiger partial charge in [-0.15, -0.1) is 0 Å². The Balaban J connectivity index is 1.50. The number of nitrogens with one attached hydrogen (secondary N) is 2. The minimum atomic E-state index is -3.89. The maximum absolute atomic E-state index is 12.5. The first-order valence-electron chi connectivity index (χ1n) is 10.7. The van der Waals surface area contributed by atoms with Gasteiger partial charge in [-0.2, -0.15) is 0 Å². The van der Waals surface area contributed by atoms with Gasteiger partial charge in [0.1, 0.15) is 18.2 Å². The summed E-state index contributed by atoms with van der Waals surface area (Å²) in [6.45, 7) is 5.27. The van der Waals surface area contributed by atoms with Crippen LogP contribution in [-0.2, 0) is 10.0 Å². The fourth-order valence-electron chi connectivity index (χ4n) is 3.85. The number of hydrogen-bond donors (Lipinski definition) is 4. The van der Waals surface area contributed by atoms with Crippen molar-refractivity contribution in [3.05, 3.63) is 90.1 Å². The summed E-state index contributed by atoms with van der Waals surface area (Å²) in [5, 5.41) is 15.7. The van der Waals surface area contributed by atoms with Gasteiger partial charge in [0, 0.05) is 22.4 Å². The predicted molar refractivity (Wildman–Crippen MR) is 135 cm³/mol. The standard InChI is InChI=1S/C25H25N5O4S/c1-16(15-29-25(31)18-8-6-17(7-9-18)24(26)27)30-12-13-34-22-14-19(10-11-21(22)30)20-4-2-3-5-23(20)35(28,32)33/h2-11,14H,1,12-13,15H2,(H3,26,27)(H,29,31)(H2,28,32,33). The van der Waals surface area contributed by atoms with E-state index in [1.54, 1.807) is 54.6 Å². The van der Waals surface area contributed by atoms with E-state index in [4.69, 9.17) is 21.0 Å². The first kappa shape index (κ1) is 24.0. The molecule has 9 nitrogen and oxygen atoms in total. The van der Waals surface area contributed by atoms with Crippen molar-refractivity contribution in [1.29, 1.82) is 5.41 Å². The Morgan fingerprint density at radius 2 is 1.77 bits per heavy atom. The lowest BCUT2D eigenvalue weighted by Crippen LogP contribution is -2.37. The van der Waals surface area contributed by atoms with E-state index in [1.165, 1.54) is 6.07 Å². The lowest BCUT2D eigenvalue weighted by Gasteiger charge is -2.33. The van der Waals surface area contributed by atoms with Gasteiger partial charge in [0.05, 0.1) is 23.7 Å². The van der Waals surface area contributed by atoms with Gasteiger partial charge in [0.15, 0.2) is 0 Å². The average molecular weight is 492 g/mol. The van der Waals surface area contributed by atoms with Crippen LogP contribution in [0.15, 0.2) is 83.9 Å². The number of nitrogens with two attached hydrogens (primary N) is 2. The number of benzene rings is 3. The van der Waals surface area contributed by atoms with Crippen LogP contribution in [-0.4, -0.2) is 39.9 Å². The van der Waals surface area contributed by atoms with Crippen LogP contribution in [0.1, 0.15) is 15.9 Å². The summed E-state index contributed by atoms with van der Waals surface area (Å²) < 4.78 is 29.9. The molecule has 3 aromatic rings. The number of hydrogen-bond acceptors (Lipinski definition) is 6. The lowest BCUT2D eigenvalue weighted by atomic mass is 10.0. The highest BCUT2D eigenvalue weighted by Gasteiger charge is 2.23. The van der Waals surface area contributed by atoms with Crippen LogP contribution in [0.25, 0.3) is 11.1 Å². The van der Waals surface area contributed by atoms with Gasteiger partial charge < -0.3 is 20.7 Å². The smallest absolute Gasteiger partial charge is 0.251 e. The lowest BCUT2D eigenvalue weighted by molar-refractivity contribution is 0.0956. The molecule has 0 spiro atoms. The largest absolute Gasteiger partial charge is 0.490 e. The number of ether oxygens (including phenoxy) is 1. The van der Waals surface area contributed by atoms with Crippen LogP contribution in [0, 0.1) is 5.41 Å². The Morgan fingerprint density at radius 3 is 2.46 bits per heavy atom. The zero-order valence-electron chi connectivity index (χ0n) is 18.8. The number of sulfonamides is 1. The molecule has 10 heteroatoms. The van der Waals surface area contributed by atoms with Gasteiger partial charge in [0.2, 0.25) is 10.0 Å². The first-order chi connectivity index (χ1) is 16.6. The molecule has 0 bridgehead atoms. The third-order valence-electron chi connectivity index (χ3n) is 5.62. The van der Waals surface area contributed by atoms with E-state index >= 15 is 0 Å². The van der Waals surface area contributed by atoms with Crippen LogP contribution in [0.2, 0.25) is 0 Å². The first-order valence-corrected chi connectivity index (χ1v) is 12.3. The Morgan fingerprint density at radius 1 is 1.09 bits per heavy atom. The minimum Gasteiger partial charge on any atom is -0.490 e. The molecule has 0 atom stereocenters. The Kier molecular flexibility index (Phi) is 6.59. The van der Waals surface area contributed by atoms with Crippen molar-refractivity contribution in [2.45, 2.75) is 4.90 Å². The molecule has 1 heterocycles. The fraction of sp³-hybridized carbons (Fsp3) is 0.120. The number of fused-ring (bicyclic) bond motifs is 1. The molecule has 35 heavy (non-hydrogen) atoms. The number of nitrogen functional groups attached to an aromatic ring is 1. The molecule has 4 rings (SSSR count). The van der Waals surface area contributed by atoms with E-state index in [0.717, 1.165) is 5.69 Å². The summed E-state index contributed by atoms with van der Waals surface area (Å²) in [6, 6.07) is 18.4. The summed E-state index contributed by atoms with van der Waals surface area (Å²) >= 11 is 0. The number of anilines is 1. The molecule has 1 aliphatic rings. The maximum atomic E-state index is 12.5. The molecule has 0 aliphatic carbocycles. The predicted octanol–water partition coefficient (Wildman–Crippen LogP) is 2.43. The van der Waals surface area contributed by atoms with Crippen molar-refractivity contribution in [3.8, 4) is 16.9 Å². The number of carbonyl (C=O) groups excluding carboxylic acids is 1. The van der Waals surface area contributed by atoms with E-state index in [1.807, 2.05) is 11.0 Å². The van der Waals surface area contributed by atoms with Crippen molar-refractivity contribution in [2.24, 2.45) is 10.9 Å². The van der Waals surface area contributed by atoms with E-state index in [0.29, 0.717) is 46.9 Å². The van der Waals surface area contributed by atoms with Gasteiger partial charge >= 0.3 is 0 Å². The van der Waals surface area contributed by atoms with Crippen molar-refractivity contribution in [2.75, 3.05) is 24.6 Å². The van der Waals surface area contributed by atoms with Gasteiger partial charge in [-0.3, -0.25) is 10.2 Å². The second kappa shape index (κ2) is 9.61. The second-order valence-electron chi connectivity index (χ2n) is 7.96. The molecule has 0 unspecified atom stereocenters. The number of carbonyl (C=O) groups is 1. The molecular formula is C25H25N5O4S. The summed E-state index contributed by atoms with van der Waals surface area (Å²) in [4.78, 5) is 14.5. The van der Waals surface area contributed by atoms with Crippen LogP contribution in [0.5, 0.6) is 5.75 Å². The van der Waals surface area contributed by atoms with E-state index < -0.39 is 10.0 Å².